The largest absolute Gasteiger partial charge is 0.380 e. The zero-order chi connectivity index (χ0) is 13.8. The van der Waals surface area contributed by atoms with Crippen molar-refractivity contribution in [2.24, 2.45) is 11.7 Å². The molecule has 0 saturated heterocycles. The van der Waals surface area contributed by atoms with E-state index < -0.39 is 0 Å². The van der Waals surface area contributed by atoms with E-state index >= 15 is 0 Å². The van der Waals surface area contributed by atoms with Gasteiger partial charge in [-0.25, -0.2) is 0 Å². The molecule has 0 aliphatic heterocycles. The fourth-order valence-corrected chi connectivity index (χ4v) is 3.97. The Morgan fingerprint density at radius 1 is 1.58 bits per heavy atom. The number of rotatable bonds is 8. The number of ether oxygens (including phenoxy) is 1. The van der Waals surface area contributed by atoms with Crippen molar-refractivity contribution in [1.82, 2.24) is 4.90 Å². The van der Waals surface area contributed by atoms with Gasteiger partial charge < -0.3 is 10.5 Å². The summed E-state index contributed by atoms with van der Waals surface area (Å²) in [5, 5.41) is 2.11. The molecule has 1 aromatic heterocycles. The Kier molecular flexibility index (Phi) is 5.84. The van der Waals surface area contributed by atoms with Gasteiger partial charge in [-0.2, -0.15) is 0 Å². The van der Waals surface area contributed by atoms with Crippen molar-refractivity contribution in [3.63, 3.8) is 0 Å². The molecule has 1 heterocycles. The number of likely N-dealkylation sites (N-methyl/N-ethyl adjacent to an activating group) is 1. The minimum absolute atomic E-state index is 0.110. The second kappa shape index (κ2) is 7.18. The summed E-state index contributed by atoms with van der Waals surface area (Å²) in [7, 11) is 2.13. The molecule has 0 spiro atoms. The van der Waals surface area contributed by atoms with E-state index in [-0.39, 0.29) is 12.1 Å². The van der Waals surface area contributed by atoms with E-state index in [9.17, 15) is 0 Å². The number of thiophene rings is 1. The Hall–Kier alpha value is 0.0600. The van der Waals surface area contributed by atoms with Crippen molar-refractivity contribution in [3.8, 4) is 0 Å². The van der Waals surface area contributed by atoms with Gasteiger partial charge in [0.05, 0.1) is 12.6 Å². The number of hydrogen-bond acceptors (Lipinski definition) is 4. The number of nitrogens with zero attached hydrogens (tertiary/aromatic N) is 1. The molecule has 5 heteroatoms. The Morgan fingerprint density at radius 3 is 2.84 bits per heavy atom. The lowest BCUT2D eigenvalue weighted by Crippen LogP contribution is -2.38. The predicted octanol–water partition coefficient (Wildman–Crippen LogP) is 3.26. The molecule has 0 amide bonds. The summed E-state index contributed by atoms with van der Waals surface area (Å²) >= 11 is 5.27. The maximum atomic E-state index is 6.15. The Labute approximate surface area is 128 Å². The highest BCUT2D eigenvalue weighted by Gasteiger charge is 2.24. The highest BCUT2D eigenvalue weighted by molar-refractivity contribution is 9.10. The van der Waals surface area contributed by atoms with Crippen LogP contribution >= 0.6 is 27.3 Å². The second-order valence-corrected chi connectivity index (χ2v) is 7.33. The lowest BCUT2D eigenvalue weighted by molar-refractivity contribution is 0.0881. The molecule has 1 aromatic rings. The molecule has 1 aliphatic rings. The van der Waals surface area contributed by atoms with Crippen molar-refractivity contribution in [3.05, 3.63) is 20.8 Å². The van der Waals surface area contributed by atoms with E-state index in [1.54, 1.807) is 11.3 Å². The summed E-state index contributed by atoms with van der Waals surface area (Å²) in [6.07, 6.45) is 2.70. The van der Waals surface area contributed by atoms with Crippen LogP contribution < -0.4 is 5.73 Å². The molecular weight excluding hydrogens is 324 g/mol. The maximum absolute atomic E-state index is 6.15. The molecule has 3 nitrogen and oxygen atoms in total. The summed E-state index contributed by atoms with van der Waals surface area (Å²) in [5.41, 5.74) is 6.15. The molecule has 2 atom stereocenters. The second-order valence-electron chi connectivity index (χ2n) is 5.47. The van der Waals surface area contributed by atoms with E-state index in [0.717, 1.165) is 30.1 Å². The molecule has 1 aliphatic carbocycles. The van der Waals surface area contributed by atoms with E-state index in [2.05, 4.69) is 46.2 Å². The van der Waals surface area contributed by atoms with Gasteiger partial charge in [-0.1, -0.05) is 0 Å². The SMILES string of the molecule is CC(N)C(c1cc(Br)cs1)N(C)CCOCC1CC1. The smallest absolute Gasteiger partial charge is 0.0593 e. The molecule has 2 unspecified atom stereocenters. The number of nitrogens with two attached hydrogens (primary N) is 1. The van der Waals surface area contributed by atoms with Crippen LogP contribution in [0.2, 0.25) is 0 Å². The normalized spacial score (nSPS) is 18.8. The van der Waals surface area contributed by atoms with Crippen LogP contribution in [-0.4, -0.2) is 37.7 Å². The first-order valence-corrected chi connectivity index (χ1v) is 8.52. The van der Waals surface area contributed by atoms with E-state index in [4.69, 9.17) is 10.5 Å². The van der Waals surface area contributed by atoms with Crippen LogP contribution in [0.4, 0.5) is 0 Å². The van der Waals surface area contributed by atoms with Crippen LogP contribution in [0.25, 0.3) is 0 Å². The van der Waals surface area contributed by atoms with Gasteiger partial charge >= 0.3 is 0 Å². The molecule has 0 aromatic carbocycles. The molecule has 0 bridgehead atoms. The van der Waals surface area contributed by atoms with Gasteiger partial charge in [0.1, 0.15) is 0 Å². The zero-order valence-electron chi connectivity index (χ0n) is 11.6. The van der Waals surface area contributed by atoms with Crippen molar-refractivity contribution >= 4 is 27.3 Å². The summed E-state index contributed by atoms with van der Waals surface area (Å²) < 4.78 is 6.85. The fraction of sp³-hybridized carbons (Fsp3) is 0.714. The average molecular weight is 347 g/mol. The van der Waals surface area contributed by atoms with Crippen LogP contribution in [0.3, 0.4) is 0 Å². The zero-order valence-corrected chi connectivity index (χ0v) is 14.0. The Balaban J connectivity index is 1.83. The minimum Gasteiger partial charge on any atom is -0.380 e. The third-order valence-corrected chi connectivity index (χ3v) is 5.26. The summed E-state index contributed by atoms with van der Waals surface area (Å²) in [6.45, 7) is 4.72. The lowest BCUT2D eigenvalue weighted by atomic mass is 10.1. The Morgan fingerprint density at radius 2 is 2.32 bits per heavy atom. The van der Waals surface area contributed by atoms with Crippen LogP contribution in [0.5, 0.6) is 0 Å². The standard InChI is InChI=1S/C14H23BrN2OS/c1-10(16)14(13-7-12(15)9-19-13)17(2)5-6-18-8-11-3-4-11/h7,9-11,14H,3-6,8,16H2,1-2H3. The first-order valence-electron chi connectivity index (χ1n) is 6.85. The third-order valence-electron chi connectivity index (χ3n) is 3.49. The van der Waals surface area contributed by atoms with E-state index in [0.29, 0.717) is 0 Å². The van der Waals surface area contributed by atoms with Gasteiger partial charge in [0.25, 0.3) is 0 Å². The maximum Gasteiger partial charge on any atom is 0.0593 e. The van der Waals surface area contributed by atoms with Gasteiger partial charge in [-0.15, -0.1) is 11.3 Å². The quantitative estimate of drug-likeness (QED) is 0.734. The Bertz CT molecular complexity index is 393. The number of hydrogen-bond donors (Lipinski definition) is 1. The number of halogens is 1. The van der Waals surface area contributed by atoms with Crippen LogP contribution in [0.1, 0.15) is 30.7 Å². The predicted molar refractivity (Wildman–Crippen MR) is 84.6 cm³/mol. The first-order chi connectivity index (χ1) is 9.08. The third kappa shape index (κ3) is 4.83. The van der Waals surface area contributed by atoms with Gasteiger partial charge in [-0.3, -0.25) is 4.90 Å². The monoisotopic (exact) mass is 346 g/mol. The molecule has 2 N–H and O–H groups in total. The molecule has 108 valence electrons. The molecule has 0 radical (unpaired) electrons. The fourth-order valence-electron chi connectivity index (χ4n) is 2.24. The summed E-state index contributed by atoms with van der Waals surface area (Å²) in [6, 6.07) is 2.54. The van der Waals surface area contributed by atoms with Gasteiger partial charge in [-0.05, 0) is 54.7 Å². The molecule has 1 fully saturated rings. The van der Waals surface area contributed by atoms with Crippen molar-refractivity contribution < 1.29 is 4.74 Å². The van der Waals surface area contributed by atoms with Crippen LogP contribution in [0, 0.1) is 5.92 Å². The van der Waals surface area contributed by atoms with Crippen molar-refractivity contribution in [2.45, 2.75) is 31.8 Å². The van der Waals surface area contributed by atoms with Gasteiger partial charge in [0, 0.05) is 33.9 Å². The summed E-state index contributed by atoms with van der Waals surface area (Å²) in [4.78, 5) is 3.61. The summed E-state index contributed by atoms with van der Waals surface area (Å²) in [5.74, 6) is 0.836. The molecule has 1 saturated carbocycles. The van der Waals surface area contributed by atoms with Gasteiger partial charge in [0.2, 0.25) is 0 Å². The van der Waals surface area contributed by atoms with E-state index in [1.807, 2.05) is 0 Å². The van der Waals surface area contributed by atoms with Crippen molar-refractivity contribution in [1.29, 1.82) is 0 Å². The molecule has 2 rings (SSSR count). The highest BCUT2D eigenvalue weighted by atomic mass is 79.9. The molecule has 19 heavy (non-hydrogen) atoms. The lowest BCUT2D eigenvalue weighted by Gasteiger charge is -2.30. The minimum atomic E-state index is 0.110. The van der Waals surface area contributed by atoms with Gasteiger partial charge in [0.15, 0.2) is 0 Å². The topological polar surface area (TPSA) is 38.5 Å². The van der Waals surface area contributed by atoms with Crippen molar-refractivity contribution in [2.75, 3.05) is 26.8 Å². The van der Waals surface area contributed by atoms with E-state index in [1.165, 1.54) is 17.7 Å². The van der Waals surface area contributed by atoms with Crippen LogP contribution in [-0.2, 0) is 4.74 Å². The average Bonchev–Trinajstić information content (AvgIpc) is 3.07. The van der Waals surface area contributed by atoms with Crippen LogP contribution in [0.15, 0.2) is 15.9 Å². The molecular formula is C14H23BrN2OS. The highest BCUT2D eigenvalue weighted by Crippen LogP contribution is 2.31. The first kappa shape index (κ1) is 15.4.